The van der Waals surface area contributed by atoms with Gasteiger partial charge in [0.1, 0.15) is 11.5 Å². The van der Waals surface area contributed by atoms with Gasteiger partial charge in [0.15, 0.2) is 5.78 Å². The molecule has 2 aromatic carbocycles. The molecule has 1 aliphatic heterocycles. The molecule has 0 saturated carbocycles. The number of halogens is 2. The zero-order chi connectivity index (χ0) is 25.7. The van der Waals surface area contributed by atoms with Gasteiger partial charge in [0.2, 0.25) is 0 Å². The van der Waals surface area contributed by atoms with Crippen LogP contribution in [-0.2, 0) is 11.2 Å². The van der Waals surface area contributed by atoms with Crippen molar-refractivity contribution in [3.05, 3.63) is 70.8 Å². The first-order valence-electron chi connectivity index (χ1n) is 11.8. The number of carbonyl (C=O) groups is 2. The number of likely N-dealkylation sites (tertiary alicyclic amines) is 1. The Labute approximate surface area is 213 Å². The number of aromatic amines is 1. The molecule has 1 aromatic heterocycles. The Kier molecular flexibility index (Phi) is 8.45. The molecule has 10 heteroatoms. The van der Waals surface area contributed by atoms with E-state index in [1.807, 2.05) is 17.0 Å². The third-order valence-corrected chi connectivity index (χ3v) is 7.03. The summed E-state index contributed by atoms with van der Waals surface area (Å²) in [5, 5.41) is 29.8. The highest BCUT2D eigenvalue weighted by Gasteiger charge is 2.33. The zero-order valence-corrected chi connectivity index (χ0v) is 20.4. The summed E-state index contributed by atoms with van der Waals surface area (Å²) in [6, 6.07) is 11.7. The fourth-order valence-corrected chi connectivity index (χ4v) is 4.87. The third kappa shape index (κ3) is 6.34. The Morgan fingerprint density at radius 3 is 2.61 bits per heavy atom. The minimum Gasteiger partial charge on any atom is -0.481 e. The number of aliphatic hydroxyl groups excluding tert-OH is 1. The van der Waals surface area contributed by atoms with Crippen LogP contribution >= 0.6 is 11.6 Å². The summed E-state index contributed by atoms with van der Waals surface area (Å²) in [6.07, 6.45) is 3.07. The van der Waals surface area contributed by atoms with Crippen LogP contribution in [-0.4, -0.2) is 68.0 Å². The number of hydrogen-bond donors (Lipinski definition) is 3. The van der Waals surface area contributed by atoms with Crippen LogP contribution in [0.1, 0.15) is 35.3 Å². The third-order valence-electron chi connectivity index (χ3n) is 6.79. The zero-order valence-electron chi connectivity index (χ0n) is 19.6. The lowest BCUT2D eigenvalue weighted by Gasteiger charge is -2.41. The molecule has 190 valence electrons. The van der Waals surface area contributed by atoms with Gasteiger partial charge in [-0.1, -0.05) is 35.9 Å². The highest BCUT2D eigenvalue weighted by Crippen LogP contribution is 2.29. The normalized spacial score (nSPS) is 17.4. The highest BCUT2D eigenvalue weighted by atomic mass is 35.5. The molecule has 1 aliphatic rings. The van der Waals surface area contributed by atoms with Gasteiger partial charge < -0.3 is 10.2 Å². The number of carboxylic acid groups (broad SMARTS) is 1. The minimum absolute atomic E-state index is 0.0000181. The lowest BCUT2D eigenvalue weighted by atomic mass is 9.84. The summed E-state index contributed by atoms with van der Waals surface area (Å²) in [7, 11) is 0. The molecule has 0 radical (unpaired) electrons. The van der Waals surface area contributed by atoms with Gasteiger partial charge in [0, 0.05) is 36.1 Å². The number of ketones is 1. The van der Waals surface area contributed by atoms with Crippen LogP contribution in [0.2, 0.25) is 5.02 Å². The van der Waals surface area contributed by atoms with Crippen molar-refractivity contribution in [2.24, 2.45) is 11.8 Å². The molecular formula is C26H28ClFN4O4. The van der Waals surface area contributed by atoms with Gasteiger partial charge in [-0.05, 0) is 54.5 Å². The second kappa shape index (κ2) is 11.7. The van der Waals surface area contributed by atoms with Crippen molar-refractivity contribution in [2.75, 3.05) is 19.7 Å². The fourth-order valence-electron chi connectivity index (χ4n) is 4.69. The topological polar surface area (TPSA) is 119 Å². The maximum atomic E-state index is 14.3. The first-order valence-corrected chi connectivity index (χ1v) is 12.2. The number of nitrogens with zero attached hydrogens (tertiary/aromatic N) is 3. The van der Waals surface area contributed by atoms with Gasteiger partial charge in [-0.2, -0.15) is 15.4 Å². The van der Waals surface area contributed by atoms with Crippen molar-refractivity contribution in [3.8, 4) is 11.1 Å². The van der Waals surface area contributed by atoms with E-state index in [1.54, 1.807) is 18.2 Å². The van der Waals surface area contributed by atoms with Crippen LogP contribution in [0.15, 0.2) is 48.7 Å². The molecule has 0 aliphatic carbocycles. The van der Waals surface area contributed by atoms with Crippen LogP contribution < -0.4 is 0 Å². The molecule has 1 saturated heterocycles. The van der Waals surface area contributed by atoms with Crippen LogP contribution in [0.25, 0.3) is 11.1 Å². The molecule has 36 heavy (non-hydrogen) atoms. The summed E-state index contributed by atoms with van der Waals surface area (Å²) in [6.45, 7) is 1.07. The number of hydrogen-bond acceptors (Lipinski definition) is 6. The molecule has 1 fully saturated rings. The lowest BCUT2D eigenvalue weighted by molar-refractivity contribution is -0.144. The van der Waals surface area contributed by atoms with Crippen LogP contribution in [0.5, 0.6) is 0 Å². The van der Waals surface area contributed by atoms with E-state index in [9.17, 15) is 24.2 Å². The number of aliphatic hydroxyl groups is 1. The fraction of sp³-hybridized carbons (Fsp3) is 0.385. The minimum atomic E-state index is -0.927. The summed E-state index contributed by atoms with van der Waals surface area (Å²) in [5.41, 5.74) is 2.18. The number of rotatable bonds is 12. The summed E-state index contributed by atoms with van der Waals surface area (Å²) in [4.78, 5) is 26.8. The monoisotopic (exact) mass is 514 g/mol. The van der Waals surface area contributed by atoms with Gasteiger partial charge in [-0.25, -0.2) is 4.39 Å². The Morgan fingerprint density at radius 1 is 1.22 bits per heavy atom. The van der Waals surface area contributed by atoms with Crippen molar-refractivity contribution in [1.29, 1.82) is 0 Å². The lowest BCUT2D eigenvalue weighted by Crippen LogP contribution is -2.52. The van der Waals surface area contributed by atoms with Crippen LogP contribution in [0.3, 0.4) is 0 Å². The number of aromatic nitrogens is 3. The molecule has 0 amide bonds. The molecule has 0 spiro atoms. The summed E-state index contributed by atoms with van der Waals surface area (Å²) >= 11 is 6.02. The Balaban J connectivity index is 1.51. The Morgan fingerprint density at radius 2 is 2.00 bits per heavy atom. The van der Waals surface area contributed by atoms with Crippen molar-refractivity contribution in [2.45, 2.75) is 31.7 Å². The largest absolute Gasteiger partial charge is 0.481 e. The van der Waals surface area contributed by atoms with E-state index in [2.05, 4.69) is 15.4 Å². The number of benzene rings is 2. The predicted molar refractivity (Wildman–Crippen MR) is 132 cm³/mol. The van der Waals surface area contributed by atoms with Crippen LogP contribution in [0.4, 0.5) is 4.39 Å². The smallest absolute Gasteiger partial charge is 0.307 e. The van der Waals surface area contributed by atoms with E-state index in [-0.39, 0.29) is 48.7 Å². The van der Waals surface area contributed by atoms with Gasteiger partial charge in [-0.3, -0.25) is 14.5 Å². The number of aliphatic carboxylic acids is 1. The molecule has 0 unspecified atom stereocenters. The molecule has 4 rings (SSSR count). The molecule has 3 atom stereocenters. The number of H-pyrrole nitrogens is 1. The highest BCUT2D eigenvalue weighted by molar-refractivity contribution is 6.30. The van der Waals surface area contributed by atoms with Crippen LogP contribution in [0, 0.1) is 17.7 Å². The molecule has 2 heterocycles. The van der Waals surface area contributed by atoms with Gasteiger partial charge in [-0.15, -0.1) is 0 Å². The van der Waals surface area contributed by atoms with E-state index < -0.39 is 11.9 Å². The van der Waals surface area contributed by atoms with Crippen molar-refractivity contribution in [3.63, 3.8) is 0 Å². The average Bonchev–Trinajstić information content (AvgIpc) is 3.38. The average molecular weight is 515 g/mol. The van der Waals surface area contributed by atoms with Gasteiger partial charge in [0.25, 0.3) is 0 Å². The maximum Gasteiger partial charge on any atom is 0.307 e. The van der Waals surface area contributed by atoms with E-state index in [0.717, 1.165) is 18.5 Å². The number of Topliss-reactive ketones (excluding diaryl/α,β-unsaturated/α-hetero) is 1. The van der Waals surface area contributed by atoms with Crippen molar-refractivity contribution >= 4 is 23.4 Å². The standard InChI is InChI=1S/C26H28ClFN4O4/c27-20-5-6-23(28)22(12-20)18-3-1-16(2-4-18)9-17(11-25(34)24-13-29-31-30-24)10-19(26(35)36)14-32-8-7-21(32)15-33/h1-6,12-13,17,19,21,33H,7-11,14-15H2,(H,35,36)(H,29,30,31)/t17-,19+,21-/m1/s1. The summed E-state index contributed by atoms with van der Waals surface area (Å²) in [5.74, 6) is -2.47. The number of carbonyl (C=O) groups excluding carboxylic acids is 1. The SMILES string of the molecule is O=C(C[C@H](Cc1ccc(-c2cc(Cl)ccc2F)cc1)C[C@@H](CN1CC[C@@H]1CO)C(=O)O)c1cn[nH]n1. The quantitative estimate of drug-likeness (QED) is 0.314. The van der Waals surface area contributed by atoms with E-state index in [4.69, 9.17) is 11.6 Å². The number of nitrogens with one attached hydrogen (secondary N) is 1. The molecule has 3 N–H and O–H groups in total. The second-order valence-electron chi connectivity index (χ2n) is 9.26. The Hall–Kier alpha value is -3.14. The maximum absolute atomic E-state index is 14.3. The van der Waals surface area contributed by atoms with E-state index in [0.29, 0.717) is 29.1 Å². The Bertz CT molecular complexity index is 1190. The van der Waals surface area contributed by atoms with Crippen molar-refractivity contribution in [1.82, 2.24) is 20.3 Å². The van der Waals surface area contributed by atoms with Gasteiger partial charge >= 0.3 is 5.97 Å². The molecule has 8 nitrogen and oxygen atoms in total. The van der Waals surface area contributed by atoms with E-state index >= 15 is 0 Å². The molecular weight excluding hydrogens is 487 g/mol. The first kappa shape index (κ1) is 25.9. The van der Waals surface area contributed by atoms with E-state index in [1.165, 1.54) is 18.3 Å². The molecule has 3 aromatic rings. The van der Waals surface area contributed by atoms with Gasteiger partial charge in [0.05, 0.1) is 18.7 Å². The summed E-state index contributed by atoms with van der Waals surface area (Å²) < 4.78 is 14.3. The first-order chi connectivity index (χ1) is 17.3. The second-order valence-corrected chi connectivity index (χ2v) is 9.70. The predicted octanol–water partition coefficient (Wildman–Crippen LogP) is 3.85. The van der Waals surface area contributed by atoms with Crippen molar-refractivity contribution < 1.29 is 24.2 Å². The molecule has 0 bridgehead atoms. The number of carboxylic acids is 1.